The van der Waals surface area contributed by atoms with Crippen LogP contribution in [-0.2, 0) is 0 Å². The second-order valence-electron chi connectivity index (χ2n) is 3.89. The predicted molar refractivity (Wildman–Crippen MR) is 72.4 cm³/mol. The lowest BCUT2D eigenvalue weighted by Crippen LogP contribution is -2.13. The Morgan fingerprint density at radius 3 is 2.16 bits per heavy atom. The zero-order chi connectivity index (χ0) is 13.8. The number of hydrogen-bond acceptors (Lipinski definition) is 4. The second-order valence-corrected chi connectivity index (χ2v) is 3.89. The van der Waals surface area contributed by atoms with Crippen LogP contribution in [0.3, 0.4) is 0 Å². The molecule has 4 N–H and O–H groups in total. The number of nitrogen functional groups attached to an aromatic ring is 1. The molecule has 0 aliphatic heterocycles. The SMILES string of the molecule is COc1ccc(Oc2ccc(N)c(C(N)=O)c2)cc1. The quantitative estimate of drug-likeness (QED) is 0.823. The fourth-order valence-corrected chi connectivity index (χ4v) is 1.59. The number of hydrogen-bond donors (Lipinski definition) is 2. The van der Waals surface area contributed by atoms with Crippen molar-refractivity contribution < 1.29 is 14.3 Å². The Morgan fingerprint density at radius 2 is 1.58 bits per heavy atom. The van der Waals surface area contributed by atoms with Gasteiger partial charge in [0, 0.05) is 5.69 Å². The van der Waals surface area contributed by atoms with Gasteiger partial charge >= 0.3 is 0 Å². The number of methoxy groups -OCH3 is 1. The van der Waals surface area contributed by atoms with E-state index in [0.717, 1.165) is 5.75 Å². The molecule has 98 valence electrons. The molecule has 0 heterocycles. The monoisotopic (exact) mass is 258 g/mol. The average Bonchev–Trinajstić information content (AvgIpc) is 2.41. The Morgan fingerprint density at radius 1 is 1.00 bits per heavy atom. The molecule has 0 aliphatic carbocycles. The van der Waals surface area contributed by atoms with E-state index in [4.69, 9.17) is 20.9 Å². The van der Waals surface area contributed by atoms with Crippen molar-refractivity contribution >= 4 is 11.6 Å². The van der Waals surface area contributed by atoms with E-state index >= 15 is 0 Å². The number of carbonyl (C=O) groups is 1. The molecule has 0 aliphatic rings. The minimum absolute atomic E-state index is 0.242. The molecule has 1 amide bonds. The molecule has 19 heavy (non-hydrogen) atoms. The van der Waals surface area contributed by atoms with E-state index in [-0.39, 0.29) is 5.56 Å². The molecule has 0 atom stereocenters. The second kappa shape index (κ2) is 5.30. The summed E-state index contributed by atoms with van der Waals surface area (Å²) in [5.74, 6) is 1.27. The van der Waals surface area contributed by atoms with Gasteiger partial charge < -0.3 is 20.9 Å². The van der Waals surface area contributed by atoms with Gasteiger partial charge in [-0.05, 0) is 42.5 Å². The van der Waals surface area contributed by atoms with Crippen molar-refractivity contribution in [3.8, 4) is 17.2 Å². The van der Waals surface area contributed by atoms with Crippen LogP contribution in [0.15, 0.2) is 42.5 Å². The van der Waals surface area contributed by atoms with Crippen molar-refractivity contribution in [2.45, 2.75) is 0 Å². The average molecular weight is 258 g/mol. The fraction of sp³-hybridized carbons (Fsp3) is 0.0714. The van der Waals surface area contributed by atoms with Gasteiger partial charge in [-0.2, -0.15) is 0 Å². The number of amides is 1. The lowest BCUT2D eigenvalue weighted by Gasteiger charge is -2.08. The van der Waals surface area contributed by atoms with Crippen molar-refractivity contribution in [3.63, 3.8) is 0 Å². The van der Waals surface area contributed by atoms with E-state index in [2.05, 4.69) is 0 Å². The Kier molecular flexibility index (Phi) is 3.56. The van der Waals surface area contributed by atoms with Crippen LogP contribution in [0.5, 0.6) is 17.2 Å². The maximum atomic E-state index is 11.2. The molecule has 0 radical (unpaired) electrons. The maximum Gasteiger partial charge on any atom is 0.250 e. The molecule has 0 fully saturated rings. The summed E-state index contributed by atoms with van der Waals surface area (Å²) in [5, 5.41) is 0. The molecule has 0 aromatic heterocycles. The van der Waals surface area contributed by atoms with E-state index in [1.807, 2.05) is 0 Å². The van der Waals surface area contributed by atoms with Crippen LogP contribution >= 0.6 is 0 Å². The molecular formula is C14H14N2O3. The van der Waals surface area contributed by atoms with Gasteiger partial charge in [0.1, 0.15) is 17.2 Å². The summed E-state index contributed by atoms with van der Waals surface area (Å²) in [5.41, 5.74) is 11.4. The summed E-state index contributed by atoms with van der Waals surface area (Å²) in [4.78, 5) is 11.2. The normalized spacial score (nSPS) is 9.95. The van der Waals surface area contributed by atoms with E-state index in [1.165, 1.54) is 6.07 Å². The fourth-order valence-electron chi connectivity index (χ4n) is 1.59. The summed E-state index contributed by atoms with van der Waals surface area (Å²) >= 11 is 0. The van der Waals surface area contributed by atoms with Crippen molar-refractivity contribution in [2.75, 3.05) is 12.8 Å². The Bertz CT molecular complexity index is 594. The van der Waals surface area contributed by atoms with Crippen LogP contribution in [0.25, 0.3) is 0 Å². The van der Waals surface area contributed by atoms with Crippen molar-refractivity contribution in [3.05, 3.63) is 48.0 Å². The van der Waals surface area contributed by atoms with Gasteiger partial charge in [-0.1, -0.05) is 0 Å². The maximum absolute atomic E-state index is 11.2. The third-order valence-corrected chi connectivity index (χ3v) is 2.59. The summed E-state index contributed by atoms with van der Waals surface area (Å²) in [7, 11) is 1.59. The van der Waals surface area contributed by atoms with Gasteiger partial charge in [-0.3, -0.25) is 4.79 Å². The van der Waals surface area contributed by atoms with Gasteiger partial charge in [-0.15, -0.1) is 0 Å². The number of nitrogens with two attached hydrogens (primary N) is 2. The first-order valence-electron chi connectivity index (χ1n) is 5.61. The molecule has 0 bridgehead atoms. The molecule has 5 nitrogen and oxygen atoms in total. The first-order chi connectivity index (χ1) is 9.10. The molecule has 2 aromatic rings. The van der Waals surface area contributed by atoms with Crippen molar-refractivity contribution in [1.82, 2.24) is 0 Å². The summed E-state index contributed by atoms with van der Waals surface area (Å²) in [6.45, 7) is 0. The zero-order valence-electron chi connectivity index (χ0n) is 10.4. The minimum atomic E-state index is -0.585. The van der Waals surface area contributed by atoms with E-state index in [0.29, 0.717) is 17.2 Å². The molecule has 0 saturated heterocycles. The largest absolute Gasteiger partial charge is 0.497 e. The third kappa shape index (κ3) is 2.95. The number of primary amides is 1. The molecule has 0 saturated carbocycles. The Balaban J connectivity index is 2.22. The Hall–Kier alpha value is -2.69. The van der Waals surface area contributed by atoms with Crippen molar-refractivity contribution in [1.29, 1.82) is 0 Å². The molecule has 2 aromatic carbocycles. The molecule has 0 unspecified atom stereocenters. The summed E-state index contributed by atoms with van der Waals surface area (Å²) in [6.07, 6.45) is 0. The Labute approximate surface area is 110 Å². The minimum Gasteiger partial charge on any atom is -0.497 e. The number of carbonyl (C=O) groups excluding carboxylic acids is 1. The first-order valence-corrected chi connectivity index (χ1v) is 5.61. The highest BCUT2D eigenvalue weighted by molar-refractivity contribution is 5.98. The van der Waals surface area contributed by atoms with Crippen LogP contribution in [0.2, 0.25) is 0 Å². The van der Waals surface area contributed by atoms with Gasteiger partial charge in [0.25, 0.3) is 5.91 Å². The smallest absolute Gasteiger partial charge is 0.250 e. The molecule has 2 rings (SSSR count). The highest BCUT2D eigenvalue weighted by Crippen LogP contribution is 2.26. The van der Waals surface area contributed by atoms with Gasteiger partial charge in [0.15, 0.2) is 0 Å². The predicted octanol–water partition coefficient (Wildman–Crippen LogP) is 2.17. The lowest BCUT2D eigenvalue weighted by molar-refractivity contribution is 0.100. The lowest BCUT2D eigenvalue weighted by atomic mass is 10.1. The third-order valence-electron chi connectivity index (χ3n) is 2.59. The number of ether oxygens (including phenoxy) is 2. The van der Waals surface area contributed by atoms with E-state index in [1.54, 1.807) is 43.5 Å². The summed E-state index contributed by atoms with van der Waals surface area (Å²) < 4.78 is 10.7. The number of anilines is 1. The molecule has 5 heteroatoms. The van der Waals surface area contributed by atoms with E-state index in [9.17, 15) is 4.79 Å². The van der Waals surface area contributed by atoms with Crippen LogP contribution in [-0.4, -0.2) is 13.0 Å². The van der Waals surface area contributed by atoms with E-state index < -0.39 is 5.91 Å². The summed E-state index contributed by atoms with van der Waals surface area (Å²) in [6, 6.07) is 11.9. The zero-order valence-corrected chi connectivity index (χ0v) is 10.4. The standard InChI is InChI=1S/C14H14N2O3/c1-18-9-2-4-10(5-3-9)19-11-6-7-13(15)12(8-11)14(16)17/h2-8H,15H2,1H3,(H2,16,17). The highest BCUT2D eigenvalue weighted by atomic mass is 16.5. The number of rotatable bonds is 4. The van der Waals surface area contributed by atoms with Crippen LogP contribution < -0.4 is 20.9 Å². The van der Waals surface area contributed by atoms with Crippen LogP contribution in [0.4, 0.5) is 5.69 Å². The van der Waals surface area contributed by atoms with Crippen LogP contribution in [0.1, 0.15) is 10.4 Å². The van der Waals surface area contributed by atoms with Gasteiger partial charge in [-0.25, -0.2) is 0 Å². The highest BCUT2D eigenvalue weighted by Gasteiger charge is 2.08. The molecular weight excluding hydrogens is 244 g/mol. The van der Waals surface area contributed by atoms with Gasteiger partial charge in [0.05, 0.1) is 12.7 Å². The first kappa shape index (κ1) is 12.8. The van der Waals surface area contributed by atoms with Crippen LogP contribution in [0, 0.1) is 0 Å². The van der Waals surface area contributed by atoms with Crippen molar-refractivity contribution in [2.24, 2.45) is 5.73 Å². The number of benzene rings is 2. The topological polar surface area (TPSA) is 87.6 Å². The van der Waals surface area contributed by atoms with Gasteiger partial charge in [0.2, 0.25) is 0 Å². The molecule has 0 spiro atoms.